The van der Waals surface area contributed by atoms with E-state index in [1.807, 2.05) is 42.5 Å². The monoisotopic (exact) mass is 739 g/mol. The topological polar surface area (TPSA) is 61.7 Å². The molecule has 4 heterocycles. The molecule has 6 nitrogen and oxygen atoms in total. The number of furan rings is 1. The van der Waals surface area contributed by atoms with Crippen molar-refractivity contribution >= 4 is 65.6 Å². The summed E-state index contributed by atoms with van der Waals surface area (Å²) in [5.74, 6) is -0.734. The van der Waals surface area contributed by atoms with Crippen LogP contribution in [-0.4, -0.2) is 24.1 Å². The Morgan fingerprint density at radius 3 is 1.56 bits per heavy atom. The third kappa shape index (κ3) is 4.94. The number of benzene rings is 8. The van der Waals surface area contributed by atoms with E-state index in [1.54, 1.807) is 12.1 Å². The van der Waals surface area contributed by atoms with Crippen LogP contribution >= 0.6 is 0 Å². The molecule has 0 amide bonds. The highest BCUT2D eigenvalue weighted by atomic mass is 16.3. The molecule has 0 atom stereocenters. The second-order valence-electron chi connectivity index (χ2n) is 13.7. The molecule has 0 saturated heterocycles. The summed E-state index contributed by atoms with van der Waals surface area (Å²) in [5, 5.41) is 6.16. The van der Waals surface area contributed by atoms with Gasteiger partial charge in [-0.1, -0.05) is 121 Å². The maximum Gasteiger partial charge on any atom is 0.164 e. The predicted molar refractivity (Wildman–Crippen MR) is 232 cm³/mol. The Bertz CT molecular complexity index is 3980. The van der Waals surface area contributed by atoms with Crippen molar-refractivity contribution in [3.05, 3.63) is 188 Å². The van der Waals surface area contributed by atoms with Crippen LogP contribution in [0.25, 0.3) is 111 Å². The molecule has 0 aliphatic heterocycles. The molecule has 266 valence electrons. The zero-order chi connectivity index (χ0) is 46.2. The van der Waals surface area contributed by atoms with Gasteiger partial charge in [-0.15, -0.1) is 0 Å². The van der Waals surface area contributed by atoms with Crippen LogP contribution in [0.5, 0.6) is 0 Å². The Hall–Kier alpha value is -7.83. The molecular formula is C51H31N5O. The van der Waals surface area contributed by atoms with E-state index < -0.39 is 60.4 Å². The number of hydrogen-bond donors (Lipinski definition) is 0. The molecule has 8 aromatic carbocycles. The van der Waals surface area contributed by atoms with E-state index in [0.717, 1.165) is 60.4 Å². The van der Waals surface area contributed by atoms with Crippen LogP contribution in [0.4, 0.5) is 0 Å². The van der Waals surface area contributed by atoms with Crippen LogP contribution in [0.2, 0.25) is 0 Å². The molecule has 12 aromatic rings. The summed E-state index contributed by atoms with van der Waals surface area (Å²) in [6.07, 6.45) is 0. The van der Waals surface area contributed by atoms with E-state index in [4.69, 9.17) is 18.1 Å². The van der Waals surface area contributed by atoms with Crippen LogP contribution in [0.3, 0.4) is 0 Å². The van der Waals surface area contributed by atoms with Gasteiger partial charge < -0.3 is 13.6 Å². The Kier molecular flexibility index (Phi) is 5.02. The van der Waals surface area contributed by atoms with Crippen molar-refractivity contribution in [3.63, 3.8) is 0 Å². The van der Waals surface area contributed by atoms with E-state index >= 15 is 0 Å². The van der Waals surface area contributed by atoms with Crippen LogP contribution in [-0.2, 0) is 0 Å². The Morgan fingerprint density at radius 1 is 0.368 bits per heavy atom. The van der Waals surface area contributed by atoms with Crippen LogP contribution in [0.1, 0.15) is 13.7 Å². The average molecular weight is 740 g/mol. The first kappa shape index (κ1) is 23.2. The Balaban J connectivity index is 1.05. The van der Waals surface area contributed by atoms with E-state index in [1.165, 1.54) is 5.39 Å². The first-order chi connectivity index (χ1) is 32.4. The summed E-state index contributed by atoms with van der Waals surface area (Å²) in [4.78, 5) is 13.6. The van der Waals surface area contributed by atoms with Gasteiger partial charge >= 0.3 is 0 Å². The molecule has 0 saturated carbocycles. The number of nitrogens with zero attached hydrogens (tertiary/aromatic N) is 5. The number of para-hydroxylation sites is 3. The number of rotatable bonds is 5. The summed E-state index contributed by atoms with van der Waals surface area (Å²) in [5.41, 5.74) is 7.01. The molecule has 57 heavy (non-hydrogen) atoms. The van der Waals surface area contributed by atoms with Gasteiger partial charge in [0.1, 0.15) is 11.2 Å². The Labute approximate surface area is 340 Å². The standard InChI is InChI=1S/C51H31N5O/c1-4-14-32(15-5-1)49-52-50(33-16-6-2-7-17-33)54-51(53-49)34-24-26-39-42-29-36(25-27-47(42)57-48(39)28-34)56-44-23-13-11-21-38(44)41-30-40-37-20-10-12-22-43(37)55(45(40)31-46(41)56)35-18-8-3-9-19-35/h1-31H/i1D,2D,4D,5D,6D,7D,14D,15D,16D,17D. The maximum atomic E-state index is 8.69. The van der Waals surface area contributed by atoms with Gasteiger partial charge in [0.2, 0.25) is 0 Å². The van der Waals surface area contributed by atoms with Gasteiger partial charge in [0.05, 0.1) is 35.8 Å². The molecular weight excluding hydrogens is 699 g/mol. The van der Waals surface area contributed by atoms with Crippen molar-refractivity contribution < 1.29 is 18.1 Å². The van der Waals surface area contributed by atoms with E-state index in [0.29, 0.717) is 16.7 Å². The minimum absolute atomic E-state index is 0.0498. The lowest BCUT2D eigenvalue weighted by Crippen LogP contribution is -2.00. The van der Waals surface area contributed by atoms with Gasteiger partial charge in [0, 0.05) is 60.4 Å². The quantitative estimate of drug-likeness (QED) is 0.176. The fraction of sp³-hybridized carbons (Fsp3) is 0. The van der Waals surface area contributed by atoms with Gasteiger partial charge in [-0.25, -0.2) is 15.0 Å². The lowest BCUT2D eigenvalue weighted by atomic mass is 10.1. The molecule has 0 aliphatic rings. The van der Waals surface area contributed by atoms with Gasteiger partial charge in [-0.2, -0.15) is 0 Å². The normalized spacial score (nSPS) is 14.3. The first-order valence-electron chi connectivity index (χ1n) is 23.3. The molecule has 0 unspecified atom stereocenters. The van der Waals surface area contributed by atoms with Gasteiger partial charge in [0.15, 0.2) is 17.5 Å². The number of fused-ring (bicyclic) bond motifs is 9. The van der Waals surface area contributed by atoms with Crippen molar-refractivity contribution in [3.8, 4) is 45.5 Å². The van der Waals surface area contributed by atoms with Crippen molar-refractivity contribution in [2.24, 2.45) is 0 Å². The van der Waals surface area contributed by atoms with Gasteiger partial charge in [0.25, 0.3) is 0 Å². The highest BCUT2D eigenvalue weighted by molar-refractivity contribution is 6.19. The van der Waals surface area contributed by atoms with Crippen molar-refractivity contribution in [2.45, 2.75) is 0 Å². The fourth-order valence-electron chi connectivity index (χ4n) is 8.06. The lowest BCUT2D eigenvalue weighted by Gasteiger charge is -2.10. The largest absolute Gasteiger partial charge is 0.456 e. The molecule has 0 N–H and O–H groups in total. The molecule has 0 fully saturated rings. The smallest absolute Gasteiger partial charge is 0.164 e. The molecule has 0 radical (unpaired) electrons. The minimum atomic E-state index is -0.616. The molecule has 0 spiro atoms. The van der Waals surface area contributed by atoms with E-state index in [-0.39, 0.29) is 28.6 Å². The van der Waals surface area contributed by atoms with E-state index in [9.17, 15) is 0 Å². The highest BCUT2D eigenvalue weighted by Gasteiger charge is 2.20. The maximum absolute atomic E-state index is 8.69. The first-order valence-corrected chi connectivity index (χ1v) is 18.3. The zero-order valence-electron chi connectivity index (χ0n) is 39.8. The van der Waals surface area contributed by atoms with Gasteiger partial charge in [-0.3, -0.25) is 0 Å². The average Bonchev–Trinajstić information content (AvgIpc) is 4.00. The Morgan fingerprint density at radius 2 is 0.930 bits per heavy atom. The summed E-state index contributed by atoms with van der Waals surface area (Å²) in [6.45, 7) is 0. The number of aromatic nitrogens is 5. The van der Waals surface area contributed by atoms with Crippen molar-refractivity contribution in [1.29, 1.82) is 0 Å². The van der Waals surface area contributed by atoms with Gasteiger partial charge in [-0.05, 0) is 66.7 Å². The molecule has 6 heteroatoms. The van der Waals surface area contributed by atoms with Crippen molar-refractivity contribution in [2.75, 3.05) is 0 Å². The SMILES string of the molecule is [2H]c1c([2H])c([2H])c(-c2nc(-c3ccc4c(c3)oc3ccc(-n5c6ccccc6c6cc7c8ccccc8n(-c8ccccc8)c7cc65)cc34)nc(-c3c([2H])c([2H])c([2H])c([2H])c3[2H])n2)c([2H])c1[2H]. The predicted octanol–water partition coefficient (Wildman–Crippen LogP) is 13.0. The van der Waals surface area contributed by atoms with Crippen LogP contribution in [0, 0.1) is 0 Å². The van der Waals surface area contributed by atoms with Crippen LogP contribution < -0.4 is 0 Å². The third-order valence-electron chi connectivity index (χ3n) is 10.5. The molecule has 4 aromatic heterocycles. The second-order valence-corrected chi connectivity index (χ2v) is 13.7. The van der Waals surface area contributed by atoms with Crippen molar-refractivity contribution in [1.82, 2.24) is 24.1 Å². The van der Waals surface area contributed by atoms with Crippen LogP contribution in [0.15, 0.2) is 192 Å². The molecule has 12 rings (SSSR count). The minimum Gasteiger partial charge on any atom is -0.456 e. The second kappa shape index (κ2) is 12.3. The molecule has 0 aliphatic carbocycles. The molecule has 0 bridgehead atoms. The summed E-state index contributed by atoms with van der Waals surface area (Å²) in [7, 11) is 0. The fourth-order valence-corrected chi connectivity index (χ4v) is 8.06. The zero-order valence-corrected chi connectivity index (χ0v) is 29.8. The summed E-state index contributed by atoms with van der Waals surface area (Å²) in [6, 6.07) is 37.1. The third-order valence-corrected chi connectivity index (χ3v) is 10.5. The summed E-state index contributed by atoms with van der Waals surface area (Å²) >= 11 is 0. The van der Waals surface area contributed by atoms with E-state index in [2.05, 4.69) is 96.9 Å². The highest BCUT2D eigenvalue weighted by Crippen LogP contribution is 2.41. The number of hydrogen-bond acceptors (Lipinski definition) is 4. The summed E-state index contributed by atoms with van der Waals surface area (Å²) < 4.78 is 95.4. The lowest BCUT2D eigenvalue weighted by molar-refractivity contribution is 0.669.